The molecule has 1 aromatic heterocycles. The highest BCUT2D eigenvalue weighted by molar-refractivity contribution is 5.67. The van der Waals surface area contributed by atoms with Gasteiger partial charge in [0.1, 0.15) is 5.60 Å². The van der Waals surface area contributed by atoms with E-state index in [2.05, 4.69) is 10.3 Å². The van der Waals surface area contributed by atoms with Gasteiger partial charge in [0, 0.05) is 6.07 Å². The summed E-state index contributed by atoms with van der Waals surface area (Å²) < 4.78 is 5.02. The maximum Gasteiger partial charge on any atom is 0.407 e. The maximum absolute atomic E-state index is 11.3. The Morgan fingerprint density at radius 2 is 2.06 bits per heavy atom. The molecule has 94 valence electrons. The maximum atomic E-state index is 11.3. The molecule has 6 nitrogen and oxygen atoms in total. The van der Waals surface area contributed by atoms with Crippen LogP contribution in [-0.4, -0.2) is 26.9 Å². The minimum absolute atomic E-state index is 0.114. The summed E-state index contributed by atoms with van der Waals surface area (Å²) in [5.41, 5.74) is -0.139. The van der Waals surface area contributed by atoms with Crippen molar-refractivity contribution < 1.29 is 19.7 Å². The lowest BCUT2D eigenvalue weighted by Gasteiger charge is -2.19. The Hall–Kier alpha value is -1.98. The first-order chi connectivity index (χ1) is 7.78. The number of nitrogens with one attached hydrogen (secondary N) is 1. The van der Waals surface area contributed by atoms with E-state index in [1.165, 1.54) is 6.07 Å². The second-order valence-electron chi connectivity index (χ2n) is 4.52. The van der Waals surface area contributed by atoms with Crippen molar-refractivity contribution in [2.24, 2.45) is 0 Å². The number of carbonyl (C=O) groups excluding carboxylic acids is 1. The topological polar surface area (TPSA) is 91.7 Å². The molecule has 0 aromatic carbocycles. The van der Waals surface area contributed by atoms with Crippen molar-refractivity contribution in [2.75, 3.05) is 0 Å². The molecule has 0 spiro atoms. The van der Waals surface area contributed by atoms with Gasteiger partial charge in [0.25, 0.3) is 0 Å². The Bertz CT molecular complexity index is 412. The summed E-state index contributed by atoms with van der Waals surface area (Å²) in [5.74, 6) is -0.577. The number of hydrogen-bond acceptors (Lipinski definition) is 5. The first-order valence-electron chi connectivity index (χ1n) is 5.11. The number of carbonyl (C=O) groups is 1. The van der Waals surface area contributed by atoms with E-state index in [0.29, 0.717) is 5.69 Å². The quantitative estimate of drug-likeness (QED) is 0.729. The van der Waals surface area contributed by atoms with Crippen molar-refractivity contribution >= 4 is 6.09 Å². The summed E-state index contributed by atoms with van der Waals surface area (Å²) in [4.78, 5) is 15.1. The molecular weight excluding hydrogens is 224 g/mol. The average Bonchev–Trinajstić information content (AvgIpc) is 2.17. The second kappa shape index (κ2) is 4.90. The number of hydrogen-bond donors (Lipinski definition) is 3. The first-order valence-corrected chi connectivity index (χ1v) is 5.11. The highest BCUT2D eigenvalue weighted by Crippen LogP contribution is 2.22. The van der Waals surface area contributed by atoms with E-state index < -0.39 is 11.7 Å². The molecule has 0 saturated carbocycles. The SMILES string of the molecule is CC(C)(C)OC(=O)NCc1cc(O)c(O)cn1. The van der Waals surface area contributed by atoms with Gasteiger partial charge in [-0.25, -0.2) is 4.79 Å². The summed E-state index contributed by atoms with van der Waals surface area (Å²) in [6.07, 6.45) is 0.549. The molecule has 0 saturated heterocycles. The van der Waals surface area contributed by atoms with E-state index in [1.807, 2.05) is 0 Å². The molecule has 0 aliphatic carbocycles. The minimum atomic E-state index is -0.563. The van der Waals surface area contributed by atoms with Crippen LogP contribution in [0, 0.1) is 0 Å². The summed E-state index contributed by atoms with van der Waals surface area (Å²) in [6.45, 7) is 5.40. The highest BCUT2D eigenvalue weighted by atomic mass is 16.6. The number of alkyl carbamates (subject to hydrolysis) is 1. The number of aromatic nitrogens is 1. The Balaban J connectivity index is 2.50. The van der Waals surface area contributed by atoms with Crippen molar-refractivity contribution in [3.8, 4) is 11.5 Å². The number of nitrogens with zero attached hydrogens (tertiary/aromatic N) is 1. The van der Waals surface area contributed by atoms with Gasteiger partial charge in [-0.05, 0) is 20.8 Å². The van der Waals surface area contributed by atoms with Gasteiger partial charge >= 0.3 is 6.09 Å². The Morgan fingerprint density at radius 1 is 1.41 bits per heavy atom. The molecule has 6 heteroatoms. The lowest BCUT2D eigenvalue weighted by Crippen LogP contribution is -2.32. The predicted molar refractivity (Wildman–Crippen MR) is 60.6 cm³/mol. The van der Waals surface area contributed by atoms with Crippen LogP contribution in [0.1, 0.15) is 26.5 Å². The Labute approximate surface area is 99.3 Å². The molecule has 0 aliphatic heterocycles. The normalized spacial score (nSPS) is 11.0. The Kier molecular flexibility index (Phi) is 3.77. The fourth-order valence-corrected chi connectivity index (χ4v) is 1.05. The molecular formula is C11H16N2O4. The van der Waals surface area contributed by atoms with Gasteiger partial charge in [-0.1, -0.05) is 0 Å². The van der Waals surface area contributed by atoms with Crippen molar-refractivity contribution in [3.05, 3.63) is 18.0 Å². The van der Waals surface area contributed by atoms with Crippen LogP contribution in [0.15, 0.2) is 12.3 Å². The van der Waals surface area contributed by atoms with Crippen LogP contribution in [-0.2, 0) is 11.3 Å². The van der Waals surface area contributed by atoms with Gasteiger partial charge in [0.05, 0.1) is 18.4 Å². The van der Waals surface area contributed by atoms with E-state index in [-0.39, 0.29) is 18.0 Å². The Morgan fingerprint density at radius 3 is 2.59 bits per heavy atom. The molecule has 0 aliphatic rings. The molecule has 0 atom stereocenters. The molecule has 17 heavy (non-hydrogen) atoms. The second-order valence-corrected chi connectivity index (χ2v) is 4.52. The van der Waals surface area contributed by atoms with Crippen LogP contribution < -0.4 is 5.32 Å². The van der Waals surface area contributed by atoms with Gasteiger partial charge in [0.2, 0.25) is 0 Å². The predicted octanol–water partition coefficient (Wildman–Crippen LogP) is 1.52. The molecule has 1 aromatic rings. The van der Waals surface area contributed by atoms with Crippen molar-refractivity contribution in [1.82, 2.24) is 10.3 Å². The molecule has 0 radical (unpaired) electrons. The van der Waals surface area contributed by atoms with E-state index in [1.54, 1.807) is 20.8 Å². The average molecular weight is 240 g/mol. The van der Waals surface area contributed by atoms with E-state index in [4.69, 9.17) is 9.84 Å². The molecule has 1 rings (SSSR count). The largest absolute Gasteiger partial charge is 0.504 e. The third kappa shape index (κ3) is 4.58. The van der Waals surface area contributed by atoms with E-state index >= 15 is 0 Å². The lowest BCUT2D eigenvalue weighted by molar-refractivity contribution is 0.0523. The first kappa shape index (κ1) is 13.1. The van der Waals surface area contributed by atoms with Crippen LogP contribution >= 0.6 is 0 Å². The zero-order valence-electron chi connectivity index (χ0n) is 10.0. The summed E-state index contributed by atoms with van der Waals surface area (Å²) >= 11 is 0. The van der Waals surface area contributed by atoms with Crippen molar-refractivity contribution in [3.63, 3.8) is 0 Å². The van der Waals surface area contributed by atoms with Crippen LogP contribution in [0.4, 0.5) is 4.79 Å². The summed E-state index contributed by atoms with van der Waals surface area (Å²) in [6, 6.07) is 1.27. The number of ether oxygens (including phenoxy) is 1. The number of amides is 1. The molecule has 0 bridgehead atoms. The number of rotatable bonds is 2. The lowest BCUT2D eigenvalue weighted by atomic mass is 10.2. The summed E-state index contributed by atoms with van der Waals surface area (Å²) in [5, 5.41) is 20.8. The molecule has 0 fully saturated rings. The summed E-state index contributed by atoms with van der Waals surface area (Å²) in [7, 11) is 0. The van der Waals surface area contributed by atoms with Crippen LogP contribution in [0.5, 0.6) is 11.5 Å². The van der Waals surface area contributed by atoms with Crippen molar-refractivity contribution in [1.29, 1.82) is 0 Å². The minimum Gasteiger partial charge on any atom is -0.504 e. The molecule has 0 unspecified atom stereocenters. The van der Waals surface area contributed by atoms with E-state index in [0.717, 1.165) is 6.20 Å². The van der Waals surface area contributed by atoms with Gasteiger partial charge in [-0.2, -0.15) is 0 Å². The van der Waals surface area contributed by atoms with Gasteiger partial charge in [-0.15, -0.1) is 0 Å². The van der Waals surface area contributed by atoms with Crippen LogP contribution in [0.3, 0.4) is 0 Å². The van der Waals surface area contributed by atoms with Crippen LogP contribution in [0.25, 0.3) is 0 Å². The van der Waals surface area contributed by atoms with Gasteiger partial charge in [-0.3, -0.25) is 4.98 Å². The zero-order valence-corrected chi connectivity index (χ0v) is 10.0. The van der Waals surface area contributed by atoms with Crippen molar-refractivity contribution in [2.45, 2.75) is 32.9 Å². The number of pyridine rings is 1. The smallest absolute Gasteiger partial charge is 0.407 e. The molecule has 1 heterocycles. The van der Waals surface area contributed by atoms with E-state index in [9.17, 15) is 9.90 Å². The molecule has 1 amide bonds. The number of aromatic hydroxyl groups is 2. The van der Waals surface area contributed by atoms with Crippen LogP contribution in [0.2, 0.25) is 0 Å². The fraction of sp³-hybridized carbons (Fsp3) is 0.455. The third-order valence-electron chi connectivity index (χ3n) is 1.73. The third-order valence-corrected chi connectivity index (χ3v) is 1.73. The highest BCUT2D eigenvalue weighted by Gasteiger charge is 2.15. The van der Waals surface area contributed by atoms with Gasteiger partial charge < -0.3 is 20.3 Å². The fourth-order valence-electron chi connectivity index (χ4n) is 1.05. The zero-order chi connectivity index (χ0) is 13.1. The molecule has 3 N–H and O–H groups in total. The van der Waals surface area contributed by atoms with Gasteiger partial charge in [0.15, 0.2) is 11.5 Å². The standard InChI is InChI=1S/C11H16N2O4/c1-11(2,3)17-10(16)13-5-7-4-8(14)9(15)6-12-7/h4,6,15H,5H2,1-3H3,(H,12,14)(H,13,16). The monoisotopic (exact) mass is 240 g/mol.